The van der Waals surface area contributed by atoms with Crippen molar-refractivity contribution in [1.82, 2.24) is 5.43 Å². The summed E-state index contributed by atoms with van der Waals surface area (Å²) < 4.78 is 0.867. The van der Waals surface area contributed by atoms with Gasteiger partial charge >= 0.3 is 0 Å². The molecule has 0 spiro atoms. The molecule has 1 fully saturated rings. The number of nitrogens with zero attached hydrogens (tertiary/aromatic N) is 2. The number of amides is 1. The Hall–Kier alpha value is -2.14. The maximum absolute atomic E-state index is 12.0. The Bertz CT molecular complexity index is 706. The molecule has 3 rings (SSSR count). The van der Waals surface area contributed by atoms with Crippen LogP contribution in [0.3, 0.4) is 0 Å². The Morgan fingerprint density at radius 1 is 1.13 bits per heavy atom. The smallest absolute Gasteiger partial charge is 0.271 e. The minimum atomic E-state index is -0.226. The molecular formula is C18H18BrN3O. The summed E-state index contributed by atoms with van der Waals surface area (Å²) in [5.41, 5.74) is 5.32. The van der Waals surface area contributed by atoms with Gasteiger partial charge in [0, 0.05) is 28.8 Å². The van der Waals surface area contributed by atoms with E-state index in [0.717, 1.165) is 23.1 Å². The van der Waals surface area contributed by atoms with Crippen LogP contribution in [-0.4, -0.2) is 25.2 Å². The molecule has 118 valence electrons. The molecule has 1 amide bonds. The fourth-order valence-electron chi connectivity index (χ4n) is 2.61. The van der Waals surface area contributed by atoms with Crippen LogP contribution >= 0.6 is 15.9 Å². The average molecular weight is 372 g/mol. The first-order chi connectivity index (χ1) is 11.2. The third-order valence-electron chi connectivity index (χ3n) is 3.83. The number of rotatable bonds is 4. The molecule has 1 aliphatic heterocycles. The van der Waals surface area contributed by atoms with Gasteiger partial charge in [-0.25, -0.2) is 5.43 Å². The van der Waals surface area contributed by atoms with Crippen LogP contribution in [0.2, 0.25) is 0 Å². The summed E-state index contributed by atoms with van der Waals surface area (Å²) in [7, 11) is 0. The topological polar surface area (TPSA) is 44.7 Å². The Labute approximate surface area is 144 Å². The first-order valence-corrected chi connectivity index (χ1v) is 8.46. The molecule has 1 saturated heterocycles. The van der Waals surface area contributed by atoms with Crippen LogP contribution < -0.4 is 10.3 Å². The lowest BCUT2D eigenvalue weighted by Crippen LogP contribution is -2.18. The Kier molecular flexibility index (Phi) is 5.08. The fourth-order valence-corrected chi connectivity index (χ4v) is 3.01. The maximum atomic E-state index is 12.0. The Balaban J connectivity index is 1.58. The normalized spacial score (nSPS) is 14.4. The van der Waals surface area contributed by atoms with Gasteiger partial charge in [0.2, 0.25) is 0 Å². The molecule has 2 aromatic rings. The monoisotopic (exact) mass is 371 g/mol. The van der Waals surface area contributed by atoms with E-state index in [1.54, 1.807) is 18.3 Å². The highest BCUT2D eigenvalue weighted by Crippen LogP contribution is 2.19. The third-order valence-corrected chi connectivity index (χ3v) is 4.32. The minimum Gasteiger partial charge on any atom is -0.372 e. The van der Waals surface area contributed by atoms with Gasteiger partial charge in [0.05, 0.1) is 6.21 Å². The second-order valence-electron chi connectivity index (χ2n) is 5.50. The second-order valence-corrected chi connectivity index (χ2v) is 6.41. The molecule has 0 aromatic heterocycles. The summed E-state index contributed by atoms with van der Waals surface area (Å²) >= 11 is 3.35. The summed E-state index contributed by atoms with van der Waals surface area (Å²) in [5.74, 6) is -0.226. The number of hydrazone groups is 1. The number of benzene rings is 2. The van der Waals surface area contributed by atoms with Gasteiger partial charge in [0.25, 0.3) is 5.91 Å². The molecule has 1 aliphatic rings. The largest absolute Gasteiger partial charge is 0.372 e. The van der Waals surface area contributed by atoms with Crippen molar-refractivity contribution in [3.63, 3.8) is 0 Å². The number of nitrogens with one attached hydrogen (secondary N) is 1. The van der Waals surface area contributed by atoms with E-state index in [9.17, 15) is 4.79 Å². The lowest BCUT2D eigenvalue weighted by molar-refractivity contribution is 0.0955. The predicted molar refractivity (Wildman–Crippen MR) is 97.1 cm³/mol. The molecule has 0 aliphatic carbocycles. The van der Waals surface area contributed by atoms with E-state index in [4.69, 9.17) is 0 Å². The van der Waals surface area contributed by atoms with Crippen LogP contribution in [0.4, 0.5) is 5.69 Å². The molecule has 0 bridgehead atoms. The molecule has 1 N–H and O–H groups in total. The quantitative estimate of drug-likeness (QED) is 0.655. The number of carbonyl (C=O) groups is 1. The van der Waals surface area contributed by atoms with E-state index in [-0.39, 0.29) is 5.91 Å². The zero-order chi connectivity index (χ0) is 16.1. The number of hydrogen-bond acceptors (Lipinski definition) is 3. The molecule has 0 atom stereocenters. The van der Waals surface area contributed by atoms with Crippen molar-refractivity contribution < 1.29 is 4.79 Å². The summed E-state index contributed by atoms with van der Waals surface area (Å²) in [6.45, 7) is 2.27. The molecule has 23 heavy (non-hydrogen) atoms. The van der Waals surface area contributed by atoms with Crippen molar-refractivity contribution in [3.8, 4) is 0 Å². The summed E-state index contributed by atoms with van der Waals surface area (Å²) in [4.78, 5) is 14.3. The van der Waals surface area contributed by atoms with Gasteiger partial charge < -0.3 is 4.90 Å². The first-order valence-electron chi connectivity index (χ1n) is 7.66. The lowest BCUT2D eigenvalue weighted by Gasteiger charge is -2.17. The standard InChI is InChI=1S/C18H18BrN3O/c19-16-5-3-4-15(12-16)18(23)21-20-13-14-6-8-17(9-7-14)22-10-1-2-11-22/h3-9,12-13H,1-2,10-11H2,(H,21,23)/b20-13+. The average Bonchev–Trinajstić information content (AvgIpc) is 3.10. The predicted octanol–water partition coefficient (Wildman–Crippen LogP) is 3.81. The van der Waals surface area contributed by atoms with Crippen molar-refractivity contribution in [2.75, 3.05) is 18.0 Å². The van der Waals surface area contributed by atoms with Crippen molar-refractivity contribution in [2.45, 2.75) is 12.8 Å². The van der Waals surface area contributed by atoms with Gasteiger partial charge in [-0.3, -0.25) is 4.79 Å². The number of carbonyl (C=O) groups excluding carboxylic acids is 1. The minimum absolute atomic E-state index is 0.226. The van der Waals surface area contributed by atoms with Gasteiger partial charge in [-0.2, -0.15) is 5.10 Å². The molecule has 2 aromatic carbocycles. The van der Waals surface area contributed by atoms with E-state index in [1.165, 1.54) is 18.5 Å². The van der Waals surface area contributed by atoms with E-state index >= 15 is 0 Å². The van der Waals surface area contributed by atoms with Crippen molar-refractivity contribution >= 4 is 33.7 Å². The Morgan fingerprint density at radius 3 is 2.57 bits per heavy atom. The Morgan fingerprint density at radius 2 is 1.87 bits per heavy atom. The highest BCUT2D eigenvalue weighted by molar-refractivity contribution is 9.10. The number of anilines is 1. The van der Waals surface area contributed by atoms with Gasteiger partial charge in [0.15, 0.2) is 0 Å². The second kappa shape index (κ2) is 7.42. The molecular weight excluding hydrogens is 354 g/mol. The highest BCUT2D eigenvalue weighted by Gasteiger charge is 2.11. The van der Waals surface area contributed by atoms with Crippen molar-refractivity contribution in [2.24, 2.45) is 5.10 Å². The summed E-state index contributed by atoms with van der Waals surface area (Å²) in [6, 6.07) is 15.4. The van der Waals surface area contributed by atoms with Gasteiger partial charge in [-0.15, -0.1) is 0 Å². The molecule has 0 radical (unpaired) electrons. The molecule has 1 heterocycles. The van der Waals surface area contributed by atoms with E-state index < -0.39 is 0 Å². The van der Waals surface area contributed by atoms with Gasteiger partial charge in [0.1, 0.15) is 0 Å². The fraction of sp³-hybridized carbons (Fsp3) is 0.222. The van der Waals surface area contributed by atoms with Crippen molar-refractivity contribution in [3.05, 3.63) is 64.1 Å². The van der Waals surface area contributed by atoms with Crippen LogP contribution in [-0.2, 0) is 0 Å². The SMILES string of the molecule is O=C(N/N=C/c1ccc(N2CCCC2)cc1)c1cccc(Br)c1. The highest BCUT2D eigenvalue weighted by atomic mass is 79.9. The van der Waals surface area contributed by atoms with Gasteiger partial charge in [-0.05, 0) is 48.7 Å². The molecule has 0 unspecified atom stereocenters. The summed E-state index contributed by atoms with van der Waals surface area (Å²) in [5, 5.41) is 4.02. The molecule has 4 nitrogen and oxygen atoms in total. The number of hydrogen-bond donors (Lipinski definition) is 1. The zero-order valence-corrected chi connectivity index (χ0v) is 14.3. The molecule has 0 saturated carbocycles. The first kappa shape index (κ1) is 15.7. The van der Waals surface area contributed by atoms with E-state index in [1.807, 2.05) is 24.3 Å². The van der Waals surface area contributed by atoms with E-state index in [2.05, 4.69) is 43.5 Å². The maximum Gasteiger partial charge on any atom is 0.271 e. The van der Waals surface area contributed by atoms with Crippen LogP contribution in [0, 0.1) is 0 Å². The molecule has 5 heteroatoms. The number of halogens is 1. The van der Waals surface area contributed by atoms with Crippen LogP contribution in [0.5, 0.6) is 0 Å². The van der Waals surface area contributed by atoms with Crippen LogP contribution in [0.25, 0.3) is 0 Å². The van der Waals surface area contributed by atoms with Gasteiger partial charge in [-0.1, -0.05) is 34.1 Å². The zero-order valence-electron chi connectivity index (χ0n) is 12.7. The van der Waals surface area contributed by atoms with Crippen LogP contribution in [0.1, 0.15) is 28.8 Å². The van der Waals surface area contributed by atoms with Crippen LogP contribution in [0.15, 0.2) is 58.1 Å². The van der Waals surface area contributed by atoms with Crippen molar-refractivity contribution in [1.29, 1.82) is 0 Å². The van der Waals surface area contributed by atoms with E-state index in [0.29, 0.717) is 5.56 Å². The third kappa shape index (κ3) is 4.20. The summed E-state index contributed by atoms with van der Waals surface area (Å²) in [6.07, 6.45) is 4.19. The lowest BCUT2D eigenvalue weighted by atomic mass is 10.2.